The van der Waals surface area contributed by atoms with Gasteiger partial charge in [-0.2, -0.15) is 0 Å². The van der Waals surface area contributed by atoms with Gasteiger partial charge in [0.2, 0.25) is 10.0 Å². The summed E-state index contributed by atoms with van der Waals surface area (Å²) in [5, 5.41) is 4.94. The Labute approximate surface area is 131 Å². The molecule has 1 aromatic heterocycles. The minimum absolute atomic E-state index is 0.0308. The Kier molecular flexibility index (Phi) is 5.79. The number of nitrogens with zero attached hydrogens (tertiary/aromatic N) is 1. The van der Waals surface area contributed by atoms with Crippen molar-refractivity contribution in [3.63, 3.8) is 0 Å². The van der Waals surface area contributed by atoms with Crippen molar-refractivity contribution in [2.75, 3.05) is 26.7 Å². The van der Waals surface area contributed by atoms with E-state index < -0.39 is 10.0 Å². The van der Waals surface area contributed by atoms with E-state index in [-0.39, 0.29) is 6.04 Å². The maximum atomic E-state index is 12.5. The molecule has 1 aliphatic rings. The molecule has 5 nitrogen and oxygen atoms in total. The van der Waals surface area contributed by atoms with E-state index in [1.807, 2.05) is 6.92 Å². The molecule has 2 N–H and O–H groups in total. The van der Waals surface area contributed by atoms with Crippen LogP contribution >= 0.6 is 11.3 Å². The van der Waals surface area contributed by atoms with Crippen molar-refractivity contribution in [2.45, 2.75) is 37.8 Å². The Balaban J connectivity index is 2.02. The summed E-state index contributed by atoms with van der Waals surface area (Å²) in [6, 6.07) is 1.80. The minimum Gasteiger partial charge on any atom is -0.312 e. The molecular formula is C14H25N3O2S2. The SMILES string of the molecule is CCNCc1cc(S(=O)(=O)NC2CCN(C)CC2C)cs1. The van der Waals surface area contributed by atoms with E-state index >= 15 is 0 Å². The second kappa shape index (κ2) is 7.19. The van der Waals surface area contributed by atoms with Crippen LogP contribution in [0.5, 0.6) is 0 Å². The van der Waals surface area contributed by atoms with E-state index in [1.54, 1.807) is 11.4 Å². The second-order valence-electron chi connectivity index (χ2n) is 5.79. The number of piperidine rings is 1. The third kappa shape index (κ3) is 4.50. The van der Waals surface area contributed by atoms with Crippen LogP contribution in [0.15, 0.2) is 16.3 Å². The van der Waals surface area contributed by atoms with Crippen LogP contribution in [-0.4, -0.2) is 46.0 Å². The van der Waals surface area contributed by atoms with Crippen LogP contribution < -0.4 is 10.0 Å². The van der Waals surface area contributed by atoms with E-state index in [2.05, 4.69) is 28.9 Å². The normalized spacial score (nSPS) is 24.3. The van der Waals surface area contributed by atoms with Crippen LogP contribution in [0.2, 0.25) is 0 Å². The third-order valence-corrected chi connectivity index (χ3v) is 6.46. The van der Waals surface area contributed by atoms with Gasteiger partial charge >= 0.3 is 0 Å². The van der Waals surface area contributed by atoms with Crippen molar-refractivity contribution in [2.24, 2.45) is 5.92 Å². The van der Waals surface area contributed by atoms with Gasteiger partial charge in [0.15, 0.2) is 0 Å². The molecule has 0 aliphatic carbocycles. The summed E-state index contributed by atoms with van der Waals surface area (Å²) >= 11 is 1.49. The van der Waals surface area contributed by atoms with Crippen molar-refractivity contribution >= 4 is 21.4 Å². The van der Waals surface area contributed by atoms with Crippen LogP contribution in [0.3, 0.4) is 0 Å². The van der Waals surface area contributed by atoms with Crippen LogP contribution in [0.4, 0.5) is 0 Å². The molecule has 0 aromatic carbocycles. The van der Waals surface area contributed by atoms with E-state index in [4.69, 9.17) is 0 Å². The highest BCUT2D eigenvalue weighted by Gasteiger charge is 2.29. The lowest BCUT2D eigenvalue weighted by molar-refractivity contribution is 0.188. The van der Waals surface area contributed by atoms with Crippen molar-refractivity contribution in [1.29, 1.82) is 0 Å². The fraction of sp³-hybridized carbons (Fsp3) is 0.714. The van der Waals surface area contributed by atoms with Gasteiger partial charge in [0.1, 0.15) is 0 Å². The van der Waals surface area contributed by atoms with Crippen LogP contribution in [0.1, 0.15) is 25.1 Å². The summed E-state index contributed by atoms with van der Waals surface area (Å²) in [5.74, 6) is 0.332. The topological polar surface area (TPSA) is 61.4 Å². The lowest BCUT2D eigenvalue weighted by atomic mass is 9.95. The van der Waals surface area contributed by atoms with Gasteiger partial charge < -0.3 is 10.2 Å². The van der Waals surface area contributed by atoms with Gasteiger partial charge in [0, 0.05) is 29.4 Å². The quantitative estimate of drug-likeness (QED) is 0.829. The van der Waals surface area contributed by atoms with Gasteiger partial charge in [-0.25, -0.2) is 13.1 Å². The van der Waals surface area contributed by atoms with Crippen molar-refractivity contribution in [3.05, 3.63) is 16.3 Å². The molecule has 0 bridgehead atoms. The number of sulfonamides is 1. The molecule has 7 heteroatoms. The van der Waals surface area contributed by atoms with Crippen LogP contribution in [-0.2, 0) is 16.6 Å². The predicted octanol–water partition coefficient (Wildman–Crippen LogP) is 1.48. The van der Waals surface area contributed by atoms with E-state index in [0.717, 1.165) is 37.5 Å². The van der Waals surface area contributed by atoms with E-state index in [1.165, 1.54) is 11.3 Å². The molecule has 120 valence electrons. The predicted molar refractivity (Wildman–Crippen MR) is 87.1 cm³/mol. The Morgan fingerprint density at radius 1 is 1.48 bits per heavy atom. The minimum atomic E-state index is -3.40. The first-order valence-electron chi connectivity index (χ1n) is 7.41. The van der Waals surface area contributed by atoms with Crippen molar-refractivity contribution in [3.8, 4) is 0 Å². The summed E-state index contributed by atoms with van der Waals surface area (Å²) in [4.78, 5) is 3.69. The lowest BCUT2D eigenvalue weighted by Crippen LogP contribution is -2.48. The second-order valence-corrected chi connectivity index (χ2v) is 8.49. The first-order valence-corrected chi connectivity index (χ1v) is 9.77. The lowest BCUT2D eigenvalue weighted by Gasteiger charge is -2.34. The number of thiophene rings is 1. The molecule has 2 atom stereocenters. The highest BCUT2D eigenvalue weighted by Crippen LogP contribution is 2.22. The molecule has 0 spiro atoms. The zero-order valence-electron chi connectivity index (χ0n) is 12.9. The molecule has 2 unspecified atom stereocenters. The van der Waals surface area contributed by atoms with Gasteiger partial charge in [0.25, 0.3) is 0 Å². The maximum absolute atomic E-state index is 12.5. The Morgan fingerprint density at radius 2 is 2.24 bits per heavy atom. The summed E-state index contributed by atoms with van der Waals surface area (Å²) < 4.78 is 27.8. The molecule has 1 aromatic rings. The number of hydrogen-bond donors (Lipinski definition) is 2. The highest BCUT2D eigenvalue weighted by atomic mass is 32.2. The highest BCUT2D eigenvalue weighted by molar-refractivity contribution is 7.89. The number of nitrogens with one attached hydrogen (secondary N) is 2. The molecule has 0 amide bonds. The molecule has 1 fully saturated rings. The Bertz CT molecular complexity index is 556. The molecule has 1 aliphatic heterocycles. The average Bonchev–Trinajstić information content (AvgIpc) is 2.89. The molecular weight excluding hydrogens is 306 g/mol. The number of rotatable bonds is 6. The largest absolute Gasteiger partial charge is 0.312 e. The zero-order valence-corrected chi connectivity index (χ0v) is 14.6. The molecule has 0 saturated carbocycles. The Morgan fingerprint density at radius 3 is 2.90 bits per heavy atom. The summed E-state index contributed by atoms with van der Waals surface area (Å²) in [7, 11) is -1.32. The molecule has 1 saturated heterocycles. The molecule has 0 radical (unpaired) electrons. The fourth-order valence-electron chi connectivity index (χ4n) is 2.64. The smallest absolute Gasteiger partial charge is 0.241 e. The van der Waals surface area contributed by atoms with E-state index in [9.17, 15) is 8.42 Å². The van der Waals surface area contributed by atoms with Crippen molar-refractivity contribution in [1.82, 2.24) is 14.9 Å². The van der Waals surface area contributed by atoms with Gasteiger partial charge in [-0.15, -0.1) is 11.3 Å². The van der Waals surface area contributed by atoms with Gasteiger partial charge in [-0.1, -0.05) is 13.8 Å². The summed E-state index contributed by atoms with van der Waals surface area (Å²) in [5.41, 5.74) is 0. The molecule has 2 heterocycles. The maximum Gasteiger partial charge on any atom is 0.241 e. The van der Waals surface area contributed by atoms with Crippen LogP contribution in [0, 0.1) is 5.92 Å². The number of likely N-dealkylation sites (tertiary alicyclic amines) is 1. The first-order chi connectivity index (χ1) is 9.92. The number of hydrogen-bond acceptors (Lipinski definition) is 5. The van der Waals surface area contributed by atoms with Gasteiger partial charge in [-0.3, -0.25) is 0 Å². The Hall–Kier alpha value is -0.470. The zero-order chi connectivity index (χ0) is 15.5. The van der Waals surface area contributed by atoms with E-state index in [0.29, 0.717) is 10.8 Å². The van der Waals surface area contributed by atoms with Crippen molar-refractivity contribution < 1.29 is 8.42 Å². The standard InChI is InChI=1S/C14H25N3O2S2/c1-4-15-8-12-7-13(10-20-12)21(18,19)16-14-5-6-17(3)9-11(14)2/h7,10-11,14-16H,4-6,8-9H2,1-3H3. The fourth-order valence-corrected chi connectivity index (χ4v) is 5.26. The monoisotopic (exact) mass is 331 g/mol. The van der Waals surface area contributed by atoms with Crippen LogP contribution in [0.25, 0.3) is 0 Å². The van der Waals surface area contributed by atoms with Gasteiger partial charge in [-0.05, 0) is 38.5 Å². The third-order valence-electron chi connectivity index (χ3n) is 3.90. The average molecular weight is 332 g/mol. The summed E-state index contributed by atoms with van der Waals surface area (Å²) in [6.07, 6.45) is 0.866. The summed E-state index contributed by atoms with van der Waals surface area (Å²) in [6.45, 7) is 7.61. The van der Waals surface area contributed by atoms with Gasteiger partial charge in [0.05, 0.1) is 4.90 Å². The molecule has 21 heavy (non-hydrogen) atoms. The first kappa shape index (κ1) is 16.9. The molecule has 2 rings (SSSR count).